The molecular formula is C14H24O2. The lowest BCUT2D eigenvalue weighted by molar-refractivity contribution is 0.0925. The average molecular weight is 224 g/mol. The molecule has 2 nitrogen and oxygen atoms in total. The van der Waals surface area contributed by atoms with Crippen LogP contribution < -0.4 is 0 Å². The van der Waals surface area contributed by atoms with Crippen molar-refractivity contribution < 1.29 is 9.84 Å². The van der Waals surface area contributed by atoms with Gasteiger partial charge in [0.2, 0.25) is 0 Å². The molecule has 92 valence electrons. The first-order chi connectivity index (χ1) is 7.60. The number of hydrogen-bond acceptors (Lipinski definition) is 2. The molecule has 2 aliphatic carbocycles. The van der Waals surface area contributed by atoms with Crippen LogP contribution in [0.25, 0.3) is 0 Å². The Morgan fingerprint density at radius 3 is 2.94 bits per heavy atom. The third-order valence-corrected chi connectivity index (χ3v) is 3.90. The molecule has 0 radical (unpaired) electrons. The number of rotatable bonds is 3. The van der Waals surface area contributed by atoms with E-state index in [1.165, 1.54) is 31.3 Å². The number of hydrogen-bond donors (Lipinski definition) is 1. The highest BCUT2D eigenvalue weighted by atomic mass is 16.5. The zero-order chi connectivity index (χ0) is 11.6. The maximum absolute atomic E-state index is 9.69. The fraction of sp³-hybridized carbons (Fsp3) is 0.857. The molecule has 1 spiro atoms. The van der Waals surface area contributed by atoms with E-state index >= 15 is 0 Å². The first-order valence-corrected chi connectivity index (χ1v) is 6.60. The van der Waals surface area contributed by atoms with Gasteiger partial charge < -0.3 is 9.84 Å². The Kier molecular flexibility index (Phi) is 3.70. The van der Waals surface area contributed by atoms with E-state index in [1.54, 1.807) is 0 Å². The number of ether oxygens (including phenoxy) is 1. The first kappa shape index (κ1) is 12.1. The molecular weight excluding hydrogens is 200 g/mol. The van der Waals surface area contributed by atoms with Crippen molar-refractivity contribution in [1.82, 2.24) is 0 Å². The van der Waals surface area contributed by atoms with Gasteiger partial charge in [-0.2, -0.15) is 0 Å². The summed E-state index contributed by atoms with van der Waals surface area (Å²) in [6, 6.07) is 0. The zero-order valence-electron chi connectivity index (χ0n) is 10.5. The van der Waals surface area contributed by atoms with E-state index in [0.717, 1.165) is 19.4 Å². The van der Waals surface area contributed by atoms with Crippen LogP contribution in [0.2, 0.25) is 0 Å². The third-order valence-electron chi connectivity index (χ3n) is 3.90. The summed E-state index contributed by atoms with van der Waals surface area (Å²) in [7, 11) is 0. The Labute approximate surface area is 98.7 Å². The fourth-order valence-corrected chi connectivity index (χ4v) is 3.12. The molecule has 0 bridgehead atoms. The molecule has 1 fully saturated rings. The minimum absolute atomic E-state index is 0.0679. The lowest BCUT2D eigenvalue weighted by atomic mass is 9.75. The van der Waals surface area contributed by atoms with E-state index in [0.29, 0.717) is 11.5 Å². The van der Waals surface area contributed by atoms with Crippen molar-refractivity contribution in [2.75, 3.05) is 6.61 Å². The smallest absolute Gasteiger partial charge is 0.0680 e. The van der Waals surface area contributed by atoms with E-state index in [1.807, 2.05) is 0 Å². The van der Waals surface area contributed by atoms with Crippen LogP contribution in [-0.2, 0) is 4.74 Å². The van der Waals surface area contributed by atoms with Crippen molar-refractivity contribution >= 4 is 0 Å². The molecule has 2 atom stereocenters. The standard InChI is InChI=1S/C14H24O2/c1-11(2)16-10-12-4-3-6-14(8-12)7-5-13(15)9-14/h8,11,13,15H,3-7,9-10H2,1-2H3/t13-,14+/m0/s1. The number of aliphatic hydroxyl groups is 1. The molecule has 2 rings (SSSR count). The molecule has 2 heteroatoms. The van der Waals surface area contributed by atoms with Crippen LogP contribution >= 0.6 is 0 Å². The molecule has 0 amide bonds. The topological polar surface area (TPSA) is 29.5 Å². The predicted octanol–water partition coefficient (Wildman–Crippen LogP) is 3.05. The van der Waals surface area contributed by atoms with Crippen molar-refractivity contribution in [3.8, 4) is 0 Å². The van der Waals surface area contributed by atoms with Crippen molar-refractivity contribution in [3.05, 3.63) is 11.6 Å². The Morgan fingerprint density at radius 2 is 2.31 bits per heavy atom. The van der Waals surface area contributed by atoms with Crippen LogP contribution in [0, 0.1) is 5.41 Å². The molecule has 0 aliphatic heterocycles. The largest absolute Gasteiger partial charge is 0.393 e. The second-order valence-electron chi connectivity index (χ2n) is 5.77. The lowest BCUT2D eigenvalue weighted by Crippen LogP contribution is -2.21. The van der Waals surface area contributed by atoms with Gasteiger partial charge in [0.05, 0.1) is 18.8 Å². The first-order valence-electron chi connectivity index (χ1n) is 6.60. The summed E-state index contributed by atoms with van der Waals surface area (Å²) in [5.74, 6) is 0. The normalized spacial score (nSPS) is 34.8. The minimum Gasteiger partial charge on any atom is -0.393 e. The number of allylic oxidation sites excluding steroid dienone is 1. The van der Waals surface area contributed by atoms with Gasteiger partial charge in [-0.25, -0.2) is 0 Å². The Hall–Kier alpha value is -0.340. The SMILES string of the molecule is CC(C)OCC1=C[C@@]2(CCC1)CC[C@H](O)C2. The molecule has 1 N–H and O–H groups in total. The van der Waals surface area contributed by atoms with Crippen LogP contribution in [0.1, 0.15) is 52.4 Å². The van der Waals surface area contributed by atoms with Gasteiger partial charge in [0.1, 0.15) is 0 Å². The van der Waals surface area contributed by atoms with Gasteiger partial charge in [-0.05, 0) is 63.4 Å². The Bertz CT molecular complexity index is 270. The minimum atomic E-state index is -0.0679. The quantitative estimate of drug-likeness (QED) is 0.747. The van der Waals surface area contributed by atoms with Crippen LogP contribution in [0.3, 0.4) is 0 Å². The highest BCUT2D eigenvalue weighted by molar-refractivity contribution is 5.16. The monoisotopic (exact) mass is 224 g/mol. The van der Waals surface area contributed by atoms with Crippen LogP contribution in [0.4, 0.5) is 0 Å². The average Bonchev–Trinajstić information content (AvgIpc) is 2.57. The van der Waals surface area contributed by atoms with Crippen LogP contribution in [0.5, 0.6) is 0 Å². The van der Waals surface area contributed by atoms with Gasteiger partial charge in [0.15, 0.2) is 0 Å². The van der Waals surface area contributed by atoms with Crippen molar-refractivity contribution in [2.45, 2.75) is 64.6 Å². The van der Waals surface area contributed by atoms with E-state index in [4.69, 9.17) is 4.74 Å². The summed E-state index contributed by atoms with van der Waals surface area (Å²) < 4.78 is 5.68. The highest BCUT2D eigenvalue weighted by Gasteiger charge is 2.38. The van der Waals surface area contributed by atoms with E-state index in [9.17, 15) is 5.11 Å². The van der Waals surface area contributed by atoms with Crippen LogP contribution in [0.15, 0.2) is 11.6 Å². The summed E-state index contributed by atoms with van der Waals surface area (Å²) in [4.78, 5) is 0. The van der Waals surface area contributed by atoms with Gasteiger partial charge in [-0.3, -0.25) is 0 Å². The molecule has 0 aromatic heterocycles. The molecule has 0 unspecified atom stereocenters. The van der Waals surface area contributed by atoms with Gasteiger partial charge in [-0.1, -0.05) is 6.08 Å². The molecule has 1 saturated carbocycles. The van der Waals surface area contributed by atoms with Gasteiger partial charge in [-0.15, -0.1) is 0 Å². The zero-order valence-corrected chi connectivity index (χ0v) is 10.5. The second kappa shape index (κ2) is 4.89. The third kappa shape index (κ3) is 2.86. The second-order valence-corrected chi connectivity index (χ2v) is 5.77. The van der Waals surface area contributed by atoms with Gasteiger partial charge in [0.25, 0.3) is 0 Å². The molecule has 2 aliphatic rings. The van der Waals surface area contributed by atoms with Crippen molar-refractivity contribution in [2.24, 2.45) is 5.41 Å². The number of aliphatic hydroxyl groups excluding tert-OH is 1. The lowest BCUT2D eigenvalue weighted by Gasteiger charge is -2.31. The molecule has 0 aromatic rings. The molecule has 0 saturated heterocycles. The molecule has 0 heterocycles. The Morgan fingerprint density at radius 1 is 1.50 bits per heavy atom. The summed E-state index contributed by atoms with van der Waals surface area (Å²) >= 11 is 0. The Balaban J connectivity index is 1.98. The van der Waals surface area contributed by atoms with E-state index in [-0.39, 0.29) is 6.10 Å². The summed E-state index contributed by atoms with van der Waals surface area (Å²) in [5, 5.41) is 9.69. The van der Waals surface area contributed by atoms with Crippen LogP contribution in [-0.4, -0.2) is 23.9 Å². The van der Waals surface area contributed by atoms with Gasteiger partial charge in [0, 0.05) is 0 Å². The maximum atomic E-state index is 9.69. The van der Waals surface area contributed by atoms with Crippen molar-refractivity contribution in [3.63, 3.8) is 0 Å². The molecule has 16 heavy (non-hydrogen) atoms. The fourth-order valence-electron chi connectivity index (χ4n) is 3.12. The molecule has 0 aromatic carbocycles. The van der Waals surface area contributed by atoms with E-state index < -0.39 is 0 Å². The summed E-state index contributed by atoms with van der Waals surface area (Å²) in [6.07, 6.45) is 9.50. The maximum Gasteiger partial charge on any atom is 0.0680 e. The summed E-state index contributed by atoms with van der Waals surface area (Å²) in [6.45, 7) is 4.95. The van der Waals surface area contributed by atoms with Gasteiger partial charge >= 0.3 is 0 Å². The van der Waals surface area contributed by atoms with E-state index in [2.05, 4.69) is 19.9 Å². The highest BCUT2D eigenvalue weighted by Crippen LogP contribution is 2.47. The summed E-state index contributed by atoms with van der Waals surface area (Å²) in [5.41, 5.74) is 1.77. The van der Waals surface area contributed by atoms with Crippen molar-refractivity contribution in [1.29, 1.82) is 0 Å². The predicted molar refractivity (Wildman–Crippen MR) is 65.3 cm³/mol.